The lowest BCUT2D eigenvalue weighted by Crippen LogP contribution is -2.30. The number of hydrogen-bond acceptors (Lipinski definition) is 12. The summed E-state index contributed by atoms with van der Waals surface area (Å²) in [7, 11) is 0. The highest BCUT2D eigenvalue weighted by atomic mass is 16.8. The van der Waals surface area contributed by atoms with Crippen LogP contribution in [0, 0.1) is 0 Å². The van der Waals surface area contributed by atoms with Crippen molar-refractivity contribution in [2.45, 2.75) is 45.3 Å². The maximum absolute atomic E-state index is 11.9. The Morgan fingerprint density at radius 2 is 1.33 bits per heavy atom. The quantitative estimate of drug-likeness (QED) is 0.139. The van der Waals surface area contributed by atoms with Crippen molar-refractivity contribution in [2.75, 3.05) is 26.4 Å². The molecule has 2 aromatic carbocycles. The number of carbonyl (C=O) groups excluding carboxylic acids is 2. The van der Waals surface area contributed by atoms with Crippen molar-refractivity contribution in [3.63, 3.8) is 0 Å². The number of ether oxygens (including phenoxy) is 4. The highest BCUT2D eigenvalue weighted by Gasteiger charge is 2.20. The second-order valence-corrected chi connectivity index (χ2v) is 9.11. The molecule has 0 spiro atoms. The minimum absolute atomic E-state index is 0.00395. The van der Waals surface area contributed by atoms with Crippen molar-refractivity contribution >= 4 is 34.4 Å². The molecule has 1 atom stereocenters. The molecule has 0 aliphatic rings. The lowest BCUT2D eigenvalue weighted by atomic mass is 10.1. The summed E-state index contributed by atoms with van der Waals surface area (Å²) in [6.45, 7) is 6.42. The van der Waals surface area contributed by atoms with Gasteiger partial charge in [-0.1, -0.05) is 34.0 Å². The van der Waals surface area contributed by atoms with Crippen LogP contribution in [0.4, 0.5) is 9.59 Å². The number of aromatic nitrogens is 6. The highest BCUT2D eigenvalue weighted by Crippen LogP contribution is 2.15. The fourth-order valence-corrected chi connectivity index (χ4v) is 3.44. The molecule has 4 aromatic rings. The molecule has 14 nitrogen and oxygen atoms in total. The van der Waals surface area contributed by atoms with E-state index in [4.69, 9.17) is 28.6 Å². The first-order valence-corrected chi connectivity index (χ1v) is 12.4. The standard InChI is InChI=1S/C25H30N6O8/c1-18(12-14-35-23(32)38-30-21-10-6-4-8-19(21)26-28-30)34-15-13-25(2,3)37-17-16-36-24(33)39-31-22-11-7-5-9-20(22)27-29-31/h4-11,18H,12-17H2,1-3H3. The minimum atomic E-state index is -0.912. The van der Waals surface area contributed by atoms with Crippen LogP contribution < -0.4 is 9.68 Å². The van der Waals surface area contributed by atoms with E-state index in [1.165, 1.54) is 0 Å². The predicted octanol–water partition coefficient (Wildman–Crippen LogP) is 2.99. The third kappa shape index (κ3) is 8.09. The van der Waals surface area contributed by atoms with Gasteiger partial charge in [-0.15, -0.1) is 10.2 Å². The number of hydrogen-bond donors (Lipinski definition) is 0. The highest BCUT2D eigenvalue weighted by molar-refractivity contribution is 5.75. The van der Waals surface area contributed by atoms with Crippen LogP contribution in [0.5, 0.6) is 0 Å². The van der Waals surface area contributed by atoms with Gasteiger partial charge in [-0.05, 0) is 61.9 Å². The summed E-state index contributed by atoms with van der Waals surface area (Å²) in [5.41, 5.74) is 1.79. The third-order valence-electron chi connectivity index (χ3n) is 5.61. The van der Waals surface area contributed by atoms with Crippen molar-refractivity contribution in [2.24, 2.45) is 0 Å². The van der Waals surface area contributed by atoms with Crippen LogP contribution in [0.3, 0.4) is 0 Å². The molecule has 4 rings (SSSR count). The van der Waals surface area contributed by atoms with E-state index in [0.717, 1.165) is 9.69 Å². The van der Waals surface area contributed by atoms with E-state index >= 15 is 0 Å². The molecule has 0 aliphatic carbocycles. The molecule has 0 saturated heterocycles. The normalized spacial score (nSPS) is 12.4. The molecule has 0 fully saturated rings. The number of para-hydroxylation sites is 2. The molecule has 0 amide bonds. The number of rotatable bonds is 13. The maximum atomic E-state index is 11.9. The van der Waals surface area contributed by atoms with Crippen molar-refractivity contribution < 1.29 is 38.2 Å². The molecular weight excluding hydrogens is 512 g/mol. The summed E-state index contributed by atoms with van der Waals surface area (Å²) in [6.07, 6.45) is -0.884. The lowest BCUT2D eigenvalue weighted by Gasteiger charge is -2.26. The Morgan fingerprint density at radius 3 is 1.92 bits per heavy atom. The molecule has 0 radical (unpaired) electrons. The molecule has 0 saturated carbocycles. The van der Waals surface area contributed by atoms with Gasteiger partial charge in [0.2, 0.25) is 0 Å². The monoisotopic (exact) mass is 542 g/mol. The zero-order valence-corrected chi connectivity index (χ0v) is 21.9. The van der Waals surface area contributed by atoms with E-state index in [1.807, 2.05) is 32.9 Å². The van der Waals surface area contributed by atoms with Gasteiger partial charge >= 0.3 is 12.3 Å². The van der Waals surface area contributed by atoms with Gasteiger partial charge in [0.05, 0.1) is 24.9 Å². The summed E-state index contributed by atoms with van der Waals surface area (Å²) >= 11 is 0. The van der Waals surface area contributed by atoms with E-state index in [2.05, 4.69) is 20.6 Å². The molecular formula is C25H30N6O8. The SMILES string of the molecule is CC(CCOC(=O)On1nnc2ccccc21)OCCC(C)(C)OCCOC(=O)On1nnc2ccccc21. The second-order valence-electron chi connectivity index (χ2n) is 9.11. The third-order valence-corrected chi connectivity index (χ3v) is 5.61. The van der Waals surface area contributed by atoms with Crippen LogP contribution in [0.15, 0.2) is 48.5 Å². The number of benzene rings is 2. The largest absolute Gasteiger partial charge is 0.535 e. The predicted molar refractivity (Wildman–Crippen MR) is 136 cm³/mol. The van der Waals surface area contributed by atoms with Crippen LogP contribution in [0.2, 0.25) is 0 Å². The molecule has 0 N–H and O–H groups in total. The van der Waals surface area contributed by atoms with Crippen LogP contribution >= 0.6 is 0 Å². The summed E-state index contributed by atoms with van der Waals surface area (Å²) in [6, 6.07) is 14.1. The summed E-state index contributed by atoms with van der Waals surface area (Å²) in [4.78, 5) is 36.0. The molecule has 1 unspecified atom stereocenters. The van der Waals surface area contributed by atoms with Crippen molar-refractivity contribution in [3.8, 4) is 0 Å². The van der Waals surface area contributed by atoms with Gasteiger partial charge in [-0.2, -0.15) is 0 Å². The van der Waals surface area contributed by atoms with Crippen LogP contribution in [0.25, 0.3) is 22.1 Å². The Bertz CT molecular complexity index is 1390. The fourth-order valence-electron chi connectivity index (χ4n) is 3.44. The molecule has 0 aliphatic heterocycles. The Labute approximate surface area is 223 Å². The molecule has 39 heavy (non-hydrogen) atoms. The summed E-state index contributed by atoms with van der Waals surface area (Å²) < 4.78 is 21.8. The van der Waals surface area contributed by atoms with Gasteiger partial charge in [-0.25, -0.2) is 9.59 Å². The summed E-state index contributed by atoms with van der Waals surface area (Å²) in [5.74, 6) is 0. The Balaban J connectivity index is 1.05. The Kier molecular flexibility index (Phi) is 9.22. The average molecular weight is 543 g/mol. The van der Waals surface area contributed by atoms with E-state index < -0.39 is 17.9 Å². The van der Waals surface area contributed by atoms with Gasteiger partial charge in [0.15, 0.2) is 0 Å². The minimum Gasteiger partial charge on any atom is -0.433 e. The van der Waals surface area contributed by atoms with E-state index in [0.29, 0.717) is 41.5 Å². The molecule has 2 aromatic heterocycles. The van der Waals surface area contributed by atoms with Gasteiger partial charge in [0.1, 0.15) is 28.7 Å². The Hall–Kier alpha value is -4.30. The van der Waals surface area contributed by atoms with Crippen LogP contribution in [-0.2, 0) is 18.9 Å². The maximum Gasteiger partial charge on any atom is 0.535 e. The van der Waals surface area contributed by atoms with Gasteiger partial charge < -0.3 is 18.9 Å². The zero-order valence-electron chi connectivity index (χ0n) is 21.9. The average Bonchev–Trinajstić information content (AvgIpc) is 3.51. The molecule has 14 heteroatoms. The smallest absolute Gasteiger partial charge is 0.433 e. The number of carbonyl (C=O) groups is 2. The zero-order chi connectivity index (χ0) is 27.7. The number of nitrogens with zero attached hydrogens (tertiary/aromatic N) is 6. The second kappa shape index (κ2) is 13.0. The van der Waals surface area contributed by atoms with Gasteiger partial charge in [0.25, 0.3) is 0 Å². The number of fused-ring (bicyclic) bond motifs is 2. The van der Waals surface area contributed by atoms with Crippen molar-refractivity contribution in [3.05, 3.63) is 48.5 Å². The lowest BCUT2D eigenvalue weighted by molar-refractivity contribution is -0.0674. The van der Waals surface area contributed by atoms with E-state index in [9.17, 15) is 9.59 Å². The van der Waals surface area contributed by atoms with Crippen molar-refractivity contribution in [1.29, 1.82) is 0 Å². The molecule has 2 heterocycles. The first kappa shape index (κ1) is 27.7. The summed E-state index contributed by atoms with van der Waals surface area (Å²) in [5, 5.41) is 15.3. The van der Waals surface area contributed by atoms with Crippen LogP contribution in [0.1, 0.15) is 33.6 Å². The fraction of sp³-hybridized carbons (Fsp3) is 0.440. The van der Waals surface area contributed by atoms with Gasteiger partial charge in [0, 0.05) is 13.0 Å². The first-order valence-electron chi connectivity index (χ1n) is 12.4. The van der Waals surface area contributed by atoms with Gasteiger partial charge in [-0.3, -0.25) is 9.68 Å². The van der Waals surface area contributed by atoms with E-state index in [1.54, 1.807) is 36.4 Å². The van der Waals surface area contributed by atoms with Crippen LogP contribution in [-0.4, -0.2) is 80.8 Å². The van der Waals surface area contributed by atoms with Crippen molar-refractivity contribution in [1.82, 2.24) is 30.3 Å². The molecule has 0 bridgehead atoms. The Morgan fingerprint density at radius 1 is 0.795 bits per heavy atom. The first-order chi connectivity index (χ1) is 18.8. The molecule has 208 valence electrons. The van der Waals surface area contributed by atoms with E-state index in [-0.39, 0.29) is 25.9 Å². The topological polar surface area (TPSA) is 151 Å².